The topological polar surface area (TPSA) is 40.6 Å². The number of benzene rings is 10. The Balaban J connectivity index is 0.000000148. The van der Waals surface area contributed by atoms with Crippen LogP contribution in [-0.2, 0) is 22.7 Å². The number of rotatable bonds is 2. The Morgan fingerprint density at radius 1 is 0.338 bits per heavy atom. The van der Waals surface area contributed by atoms with Crippen molar-refractivity contribution in [1.82, 2.24) is 0 Å². The lowest BCUT2D eigenvalue weighted by Gasteiger charge is -2.42. The predicted octanol–water partition coefficient (Wildman–Crippen LogP) is 20.5. The second-order valence-electron chi connectivity index (χ2n) is 22.6. The van der Waals surface area contributed by atoms with Gasteiger partial charge in [0.1, 0.15) is 0 Å². The van der Waals surface area contributed by atoms with Gasteiger partial charge in [-0.2, -0.15) is 0 Å². The third kappa shape index (κ3) is 8.65. The van der Waals surface area contributed by atoms with Crippen molar-refractivity contribution >= 4 is 129 Å². The van der Waals surface area contributed by atoms with Crippen LogP contribution in [0.2, 0.25) is 0 Å². The fourth-order valence-corrected chi connectivity index (χ4v) is 16.0. The van der Waals surface area contributed by atoms with Gasteiger partial charge < -0.3 is 9.80 Å². The Kier molecular flexibility index (Phi) is 13.0. The van der Waals surface area contributed by atoms with Crippen molar-refractivity contribution in [2.45, 2.75) is 64.2 Å². The Bertz CT molecular complexity index is 4230. The molecule has 1 aliphatic carbocycles. The van der Waals surface area contributed by atoms with E-state index in [2.05, 4.69) is 253 Å². The summed E-state index contributed by atoms with van der Waals surface area (Å²) in [5, 5.41) is 3.09. The van der Waals surface area contributed by atoms with Crippen LogP contribution in [-0.4, -0.2) is 0 Å². The normalized spacial score (nSPS) is 14.8. The van der Waals surface area contributed by atoms with Crippen LogP contribution in [0.1, 0.15) is 86.1 Å². The minimum Gasteiger partial charge on any atom is -0.310 e. The second kappa shape index (κ2) is 20.0. The largest absolute Gasteiger partial charge is 0.310 e. The molecule has 12 aromatic rings. The smallest absolute Gasteiger partial charge is 0.195 e. The number of halogens is 2. The van der Waals surface area contributed by atoms with Crippen LogP contribution < -0.4 is 20.7 Å². The van der Waals surface area contributed by atoms with Crippen molar-refractivity contribution in [3.05, 3.63) is 292 Å². The van der Waals surface area contributed by atoms with E-state index in [1.807, 2.05) is 48.5 Å². The molecule has 0 fully saturated rings. The first-order chi connectivity index (χ1) is 38.6. The minimum absolute atomic E-state index is 0.0769. The average Bonchev–Trinajstić information content (AvgIpc) is 3.66. The first-order valence-corrected chi connectivity index (χ1v) is 30.3. The number of hydrogen-bond donors (Lipinski definition) is 0. The first kappa shape index (κ1) is 51.9. The van der Waals surface area contributed by atoms with E-state index >= 15 is 0 Å². The third-order valence-corrected chi connectivity index (χ3v) is 20.0. The van der Waals surface area contributed by atoms with Gasteiger partial charge in [0.2, 0.25) is 0 Å². The predicted molar refractivity (Wildman–Crippen MR) is 348 cm³/mol. The van der Waals surface area contributed by atoms with Crippen molar-refractivity contribution in [2.75, 3.05) is 9.80 Å². The Labute approximate surface area is 491 Å². The molecule has 0 atom stereocenters. The van der Waals surface area contributed by atoms with Gasteiger partial charge in [-0.05, 0) is 148 Å². The van der Waals surface area contributed by atoms with Crippen LogP contribution in [0.15, 0.2) is 237 Å². The van der Waals surface area contributed by atoms with Crippen LogP contribution in [0.4, 0.5) is 34.1 Å². The maximum atomic E-state index is 14.0. The minimum atomic E-state index is -0.126. The van der Waals surface area contributed by atoms with Gasteiger partial charge in [-0.3, -0.25) is 9.59 Å². The zero-order chi connectivity index (χ0) is 55.2. The summed E-state index contributed by atoms with van der Waals surface area (Å²) in [5.74, 6) is 0. The van der Waals surface area contributed by atoms with Crippen LogP contribution >= 0.6 is 54.5 Å². The molecule has 0 N–H and O–H groups in total. The molecule has 0 bridgehead atoms. The van der Waals surface area contributed by atoms with Gasteiger partial charge >= 0.3 is 0 Å². The first-order valence-electron chi connectivity index (χ1n) is 27.1. The number of hydrogen-bond acceptors (Lipinski definition) is 6. The monoisotopic (exact) mass is 1200 g/mol. The molecule has 3 aliphatic rings. The maximum Gasteiger partial charge on any atom is 0.195 e. The third-order valence-electron chi connectivity index (χ3n) is 16.8. The summed E-state index contributed by atoms with van der Waals surface area (Å²) >= 11 is 10.2. The van der Waals surface area contributed by atoms with Crippen molar-refractivity contribution in [2.24, 2.45) is 0 Å². The number of nitrogens with zero attached hydrogens (tertiary/aromatic N) is 2. The summed E-state index contributed by atoms with van der Waals surface area (Å²) in [6, 6.07) is 76.6. The SMILES string of the molecule is CC1(C)c2ccccc2Cc2ccccc21.CC1(C)c2ccccc2N(c2ccc3c(=O)c4ccc(N5c6ccccc6C(C)(C)c6ccccc65)cc4sc3c2)c2ccccc21.O=c1c2ccc(Br)cc2sc2cc(Br)ccc12. The molecule has 4 heterocycles. The van der Waals surface area contributed by atoms with Crippen molar-refractivity contribution < 1.29 is 0 Å². The summed E-state index contributed by atoms with van der Waals surface area (Å²) in [7, 11) is 0. The van der Waals surface area contributed by atoms with E-state index in [-0.39, 0.29) is 27.1 Å². The summed E-state index contributed by atoms with van der Waals surface area (Å²) in [6.45, 7) is 13.9. The summed E-state index contributed by atoms with van der Waals surface area (Å²) in [5.41, 5.74) is 18.0. The van der Waals surface area contributed by atoms with E-state index in [9.17, 15) is 9.59 Å². The Morgan fingerprint density at radius 2 is 0.613 bits per heavy atom. The quantitative estimate of drug-likeness (QED) is 0.162. The molecule has 8 heteroatoms. The molecule has 10 aromatic carbocycles. The Hall–Kier alpha value is -7.46. The zero-order valence-corrected chi connectivity index (χ0v) is 50.1. The molecule has 2 aromatic heterocycles. The van der Waals surface area contributed by atoms with Gasteiger partial charge in [0.05, 0.1) is 22.7 Å². The maximum absolute atomic E-state index is 14.0. The van der Waals surface area contributed by atoms with E-state index in [1.54, 1.807) is 22.7 Å². The Morgan fingerprint density at radius 3 is 0.963 bits per heavy atom. The average molecular weight is 1210 g/mol. The molecule has 0 saturated carbocycles. The van der Waals surface area contributed by atoms with E-state index in [4.69, 9.17) is 0 Å². The van der Waals surface area contributed by atoms with E-state index < -0.39 is 0 Å². The highest BCUT2D eigenvalue weighted by molar-refractivity contribution is 9.10. The van der Waals surface area contributed by atoms with Gasteiger partial charge in [0.15, 0.2) is 10.9 Å². The lowest BCUT2D eigenvalue weighted by atomic mass is 9.69. The molecule has 0 unspecified atom stereocenters. The van der Waals surface area contributed by atoms with E-state index in [1.165, 1.54) is 67.3 Å². The molecular formula is C72H56Br2N2O2S2. The van der Waals surface area contributed by atoms with E-state index in [0.717, 1.165) is 67.1 Å². The molecule has 15 rings (SSSR count). The van der Waals surface area contributed by atoms with Crippen molar-refractivity contribution in [3.63, 3.8) is 0 Å². The molecule has 2 aliphatic heterocycles. The fraction of sp³-hybridized carbons (Fsp3) is 0.139. The zero-order valence-electron chi connectivity index (χ0n) is 45.3. The van der Waals surface area contributed by atoms with Gasteiger partial charge in [-0.1, -0.05) is 195 Å². The summed E-state index contributed by atoms with van der Waals surface area (Å²) in [4.78, 5) is 31.0. The molecule has 0 saturated heterocycles. The fourth-order valence-electron chi connectivity index (χ4n) is 12.7. The van der Waals surface area contributed by atoms with Gasteiger partial charge in [-0.15, -0.1) is 22.7 Å². The molecular weight excluding hydrogens is 1150 g/mol. The highest BCUT2D eigenvalue weighted by atomic mass is 79.9. The number of fused-ring (bicyclic) bond motifs is 10. The highest BCUT2D eigenvalue weighted by Crippen LogP contribution is 2.54. The van der Waals surface area contributed by atoms with Crippen molar-refractivity contribution in [3.8, 4) is 0 Å². The van der Waals surface area contributed by atoms with Crippen LogP contribution in [0.3, 0.4) is 0 Å². The molecule has 0 amide bonds. The molecule has 392 valence electrons. The van der Waals surface area contributed by atoms with Gasteiger partial charge in [-0.25, -0.2) is 0 Å². The second-order valence-corrected chi connectivity index (χ2v) is 26.6. The van der Waals surface area contributed by atoms with Crippen LogP contribution in [0.5, 0.6) is 0 Å². The number of para-hydroxylation sites is 4. The summed E-state index contributed by atoms with van der Waals surface area (Å²) < 4.78 is 5.98. The number of anilines is 6. The lowest BCUT2D eigenvalue weighted by Crippen LogP contribution is -2.30. The van der Waals surface area contributed by atoms with E-state index in [0.29, 0.717) is 0 Å². The summed E-state index contributed by atoms with van der Waals surface area (Å²) in [6.07, 6.45) is 1.08. The lowest BCUT2D eigenvalue weighted by molar-refractivity contribution is 0.610. The van der Waals surface area contributed by atoms with Gasteiger partial charge in [0.25, 0.3) is 0 Å². The molecule has 0 radical (unpaired) electrons. The highest BCUT2D eigenvalue weighted by Gasteiger charge is 2.38. The van der Waals surface area contributed by atoms with Crippen molar-refractivity contribution in [1.29, 1.82) is 0 Å². The molecule has 0 spiro atoms. The van der Waals surface area contributed by atoms with Gasteiger partial charge in [0, 0.05) is 76.9 Å². The molecule has 4 nitrogen and oxygen atoms in total. The van der Waals surface area contributed by atoms with Crippen LogP contribution in [0, 0.1) is 0 Å². The van der Waals surface area contributed by atoms with Crippen LogP contribution in [0.25, 0.3) is 40.3 Å². The standard InChI is InChI=1S/C43H34N2OS.C16H16.C13H6Br2OS/c1-42(2)31-13-5-9-17-35(31)44(36-18-10-6-14-32(36)42)27-21-23-29-39(25-27)47-40-26-28(22-24-30(40)41(29)46)45-37-19-11-7-15-33(37)43(3,4)34-16-8-12-20-38(34)45;1-16(2)14-9-5-3-7-12(14)11-13-8-4-6-10-15(13)16;14-7-1-3-9-11(5-7)17-12-6-8(15)2-4-10(12)13(9)16/h5-26H,1-4H3;3-10H,11H2,1-2H3;1-6H. The molecule has 80 heavy (non-hydrogen) atoms.